The van der Waals surface area contributed by atoms with Crippen LogP contribution < -0.4 is 5.06 Å². The standard InChI is InChI=1S/C15H20N4O/c1-14(2,3)13-17-11-10(5-8-16-11)12(18-13)19-15(9-20-19)6-4-7-15/h5,8H,4,6-7,9H2,1-3H3,(H,16,17,18). The molecule has 0 unspecified atom stereocenters. The summed E-state index contributed by atoms with van der Waals surface area (Å²) in [5.41, 5.74) is 1.02. The molecule has 4 rings (SSSR count). The zero-order valence-corrected chi connectivity index (χ0v) is 12.2. The highest BCUT2D eigenvalue weighted by molar-refractivity contribution is 5.88. The van der Waals surface area contributed by atoms with Crippen LogP contribution in [0.5, 0.6) is 0 Å². The van der Waals surface area contributed by atoms with Gasteiger partial charge in [-0.3, -0.25) is 4.84 Å². The Balaban J connectivity index is 1.87. The predicted molar refractivity (Wildman–Crippen MR) is 77.6 cm³/mol. The number of hydrogen-bond donors (Lipinski definition) is 1. The lowest BCUT2D eigenvalue weighted by molar-refractivity contribution is -0.124. The lowest BCUT2D eigenvalue weighted by Gasteiger charge is -2.57. The number of fused-ring (bicyclic) bond motifs is 1. The lowest BCUT2D eigenvalue weighted by Crippen LogP contribution is -2.67. The zero-order valence-electron chi connectivity index (χ0n) is 12.2. The highest BCUT2D eigenvalue weighted by atomic mass is 16.7. The molecule has 5 heteroatoms. The third-order valence-corrected chi connectivity index (χ3v) is 4.44. The molecule has 1 N–H and O–H groups in total. The Morgan fingerprint density at radius 3 is 2.65 bits per heavy atom. The number of nitrogens with zero attached hydrogens (tertiary/aromatic N) is 3. The fraction of sp³-hybridized carbons (Fsp3) is 0.600. The monoisotopic (exact) mass is 272 g/mol. The smallest absolute Gasteiger partial charge is 0.166 e. The number of hydrogen-bond acceptors (Lipinski definition) is 4. The minimum atomic E-state index is -0.0777. The van der Waals surface area contributed by atoms with E-state index in [-0.39, 0.29) is 11.0 Å². The number of H-pyrrole nitrogens is 1. The van der Waals surface area contributed by atoms with Gasteiger partial charge < -0.3 is 4.98 Å². The number of nitrogens with one attached hydrogen (secondary N) is 1. The van der Waals surface area contributed by atoms with E-state index < -0.39 is 0 Å². The Morgan fingerprint density at radius 1 is 1.30 bits per heavy atom. The summed E-state index contributed by atoms with van der Waals surface area (Å²) in [6.07, 6.45) is 5.61. The summed E-state index contributed by atoms with van der Waals surface area (Å²) < 4.78 is 0. The van der Waals surface area contributed by atoms with Crippen molar-refractivity contribution in [1.29, 1.82) is 0 Å². The van der Waals surface area contributed by atoms with Crippen molar-refractivity contribution in [1.82, 2.24) is 15.0 Å². The molecule has 0 amide bonds. The molecule has 0 aromatic carbocycles. The van der Waals surface area contributed by atoms with Gasteiger partial charge >= 0.3 is 0 Å². The molecule has 2 aromatic rings. The molecule has 106 valence electrons. The van der Waals surface area contributed by atoms with Gasteiger partial charge in [-0.25, -0.2) is 15.0 Å². The van der Waals surface area contributed by atoms with Gasteiger partial charge in [0.15, 0.2) is 5.82 Å². The molecule has 1 saturated carbocycles. The number of hydroxylamine groups is 1. The van der Waals surface area contributed by atoms with Gasteiger partial charge in [0.1, 0.15) is 18.1 Å². The van der Waals surface area contributed by atoms with Crippen LogP contribution in [0.3, 0.4) is 0 Å². The van der Waals surface area contributed by atoms with E-state index in [0.29, 0.717) is 0 Å². The van der Waals surface area contributed by atoms with Crippen molar-refractivity contribution in [3.8, 4) is 0 Å². The third kappa shape index (κ3) is 1.53. The minimum Gasteiger partial charge on any atom is -0.346 e. The third-order valence-electron chi connectivity index (χ3n) is 4.44. The van der Waals surface area contributed by atoms with Gasteiger partial charge in [-0.2, -0.15) is 0 Å². The summed E-state index contributed by atoms with van der Waals surface area (Å²) in [7, 11) is 0. The highest BCUT2D eigenvalue weighted by Crippen LogP contribution is 2.47. The van der Waals surface area contributed by atoms with Crippen molar-refractivity contribution in [2.24, 2.45) is 0 Å². The van der Waals surface area contributed by atoms with E-state index in [1.165, 1.54) is 19.3 Å². The van der Waals surface area contributed by atoms with E-state index in [4.69, 9.17) is 9.82 Å². The minimum absolute atomic E-state index is 0.0777. The quantitative estimate of drug-likeness (QED) is 0.867. The van der Waals surface area contributed by atoms with Crippen molar-refractivity contribution in [2.75, 3.05) is 11.7 Å². The Hall–Kier alpha value is -1.62. The van der Waals surface area contributed by atoms with Crippen LogP contribution in [0.25, 0.3) is 11.0 Å². The maximum atomic E-state index is 5.75. The molecule has 2 aliphatic rings. The Bertz CT molecular complexity index is 661. The molecule has 0 bridgehead atoms. The van der Waals surface area contributed by atoms with E-state index in [1.54, 1.807) is 0 Å². The zero-order chi connectivity index (χ0) is 14.0. The van der Waals surface area contributed by atoms with Gasteiger partial charge in [0, 0.05) is 11.6 Å². The van der Waals surface area contributed by atoms with E-state index in [0.717, 1.165) is 29.3 Å². The van der Waals surface area contributed by atoms with Gasteiger partial charge in [-0.1, -0.05) is 20.8 Å². The second-order valence-corrected chi connectivity index (χ2v) is 7.01. The summed E-state index contributed by atoms with van der Waals surface area (Å²) >= 11 is 0. The van der Waals surface area contributed by atoms with Crippen LogP contribution in [0.4, 0.5) is 5.82 Å². The lowest BCUT2D eigenvalue weighted by atomic mass is 9.75. The molecule has 1 aliphatic carbocycles. The van der Waals surface area contributed by atoms with Crippen molar-refractivity contribution in [3.05, 3.63) is 18.1 Å². The molecule has 2 aromatic heterocycles. The Labute approximate surface area is 118 Å². The fourth-order valence-corrected chi connectivity index (χ4v) is 2.95. The molecule has 1 aliphatic heterocycles. The highest BCUT2D eigenvalue weighted by Gasteiger charge is 2.52. The maximum absolute atomic E-state index is 5.75. The van der Waals surface area contributed by atoms with Crippen LogP contribution in [0.2, 0.25) is 0 Å². The molecule has 1 saturated heterocycles. The Kier molecular flexibility index (Phi) is 2.26. The summed E-state index contributed by atoms with van der Waals surface area (Å²) in [5, 5.41) is 3.08. The topological polar surface area (TPSA) is 54.0 Å². The molecule has 2 fully saturated rings. The van der Waals surface area contributed by atoms with Crippen LogP contribution >= 0.6 is 0 Å². The molecular formula is C15H20N4O. The summed E-state index contributed by atoms with van der Waals surface area (Å²) in [5.74, 6) is 1.78. The largest absolute Gasteiger partial charge is 0.346 e. The van der Waals surface area contributed by atoms with Crippen LogP contribution in [0.15, 0.2) is 12.3 Å². The van der Waals surface area contributed by atoms with E-state index in [2.05, 4.69) is 30.7 Å². The average molecular weight is 272 g/mol. The summed E-state index contributed by atoms with van der Waals surface area (Å²) in [6.45, 7) is 7.23. The second kappa shape index (κ2) is 3.73. The number of rotatable bonds is 1. The SMILES string of the molecule is CC(C)(C)c1nc(N2OCC23CCC3)c2cc[nH]c2n1. The Morgan fingerprint density at radius 2 is 2.10 bits per heavy atom. The normalized spacial score (nSPS) is 21.1. The fourth-order valence-electron chi connectivity index (χ4n) is 2.95. The molecule has 20 heavy (non-hydrogen) atoms. The van der Waals surface area contributed by atoms with Crippen LogP contribution in [-0.2, 0) is 10.3 Å². The molecule has 0 radical (unpaired) electrons. The van der Waals surface area contributed by atoms with Crippen molar-refractivity contribution in [2.45, 2.75) is 51.0 Å². The molecule has 3 heterocycles. The van der Waals surface area contributed by atoms with E-state index in [9.17, 15) is 0 Å². The van der Waals surface area contributed by atoms with Gasteiger partial charge in [-0.15, -0.1) is 0 Å². The first-order valence-corrected chi connectivity index (χ1v) is 7.28. The second-order valence-electron chi connectivity index (χ2n) is 7.01. The first kappa shape index (κ1) is 12.1. The first-order chi connectivity index (χ1) is 9.50. The van der Waals surface area contributed by atoms with Gasteiger partial charge in [-0.05, 0) is 25.3 Å². The molecule has 0 atom stereocenters. The molecule has 5 nitrogen and oxygen atoms in total. The number of aromatic nitrogens is 3. The number of anilines is 1. The maximum Gasteiger partial charge on any atom is 0.166 e. The van der Waals surface area contributed by atoms with Crippen LogP contribution in [-0.4, -0.2) is 27.1 Å². The summed E-state index contributed by atoms with van der Waals surface area (Å²) in [4.78, 5) is 18.4. The van der Waals surface area contributed by atoms with E-state index >= 15 is 0 Å². The van der Waals surface area contributed by atoms with E-state index in [1.807, 2.05) is 17.3 Å². The van der Waals surface area contributed by atoms with Gasteiger partial charge in [0.2, 0.25) is 0 Å². The summed E-state index contributed by atoms with van der Waals surface area (Å²) in [6, 6.07) is 2.03. The van der Waals surface area contributed by atoms with Gasteiger partial charge in [0.25, 0.3) is 0 Å². The van der Waals surface area contributed by atoms with Gasteiger partial charge in [0.05, 0.1) is 10.9 Å². The van der Waals surface area contributed by atoms with Crippen molar-refractivity contribution < 1.29 is 4.84 Å². The molecule has 1 spiro atoms. The first-order valence-electron chi connectivity index (χ1n) is 7.28. The van der Waals surface area contributed by atoms with Crippen molar-refractivity contribution in [3.63, 3.8) is 0 Å². The predicted octanol–water partition coefficient (Wildman–Crippen LogP) is 2.93. The number of aromatic amines is 1. The van der Waals surface area contributed by atoms with Crippen LogP contribution in [0.1, 0.15) is 45.9 Å². The van der Waals surface area contributed by atoms with Crippen molar-refractivity contribution >= 4 is 16.9 Å². The molecular weight excluding hydrogens is 252 g/mol. The average Bonchev–Trinajstić information content (AvgIpc) is 2.72. The van der Waals surface area contributed by atoms with Crippen LogP contribution in [0, 0.1) is 0 Å².